The number of aliphatic hydroxyl groups is 1. The fourth-order valence-corrected chi connectivity index (χ4v) is 2.74. The Morgan fingerprint density at radius 1 is 1.47 bits per heavy atom. The summed E-state index contributed by atoms with van der Waals surface area (Å²) >= 11 is 1.79. The molecule has 0 saturated carbocycles. The molecule has 1 aromatic carbocycles. The van der Waals surface area contributed by atoms with Crippen molar-refractivity contribution in [1.82, 2.24) is 9.55 Å². The molecule has 2 rings (SSSR count). The van der Waals surface area contributed by atoms with Crippen molar-refractivity contribution in [2.45, 2.75) is 25.9 Å². The van der Waals surface area contributed by atoms with Crippen molar-refractivity contribution in [3.63, 3.8) is 0 Å². The van der Waals surface area contributed by atoms with Gasteiger partial charge in [-0.25, -0.2) is 4.98 Å². The number of hydrogen-bond acceptors (Lipinski definition) is 4. The van der Waals surface area contributed by atoms with Gasteiger partial charge in [0.2, 0.25) is 0 Å². The third kappa shape index (κ3) is 3.11. The van der Waals surface area contributed by atoms with E-state index in [0.29, 0.717) is 6.54 Å². The number of hydrogen-bond donors (Lipinski definition) is 2. The minimum Gasteiger partial charge on any atom is -0.395 e. The minimum atomic E-state index is -0.0771. The number of nitrogens with zero attached hydrogens (tertiary/aromatic N) is 2. The Morgan fingerprint density at radius 3 is 2.95 bits per heavy atom. The first-order chi connectivity index (χ1) is 9.17. The van der Waals surface area contributed by atoms with Gasteiger partial charge in [-0.05, 0) is 43.0 Å². The molecule has 0 bridgehead atoms. The summed E-state index contributed by atoms with van der Waals surface area (Å²) in [6, 6.07) is 6.10. The highest BCUT2D eigenvalue weighted by Crippen LogP contribution is 2.23. The molecular formula is C14H21N3OS. The molecule has 0 amide bonds. The molecule has 2 aromatic rings. The van der Waals surface area contributed by atoms with Gasteiger partial charge in [-0.15, -0.1) is 0 Å². The van der Waals surface area contributed by atoms with Crippen molar-refractivity contribution in [1.29, 1.82) is 0 Å². The summed E-state index contributed by atoms with van der Waals surface area (Å²) in [4.78, 5) is 4.66. The lowest BCUT2D eigenvalue weighted by Gasteiger charge is -2.13. The van der Waals surface area contributed by atoms with Gasteiger partial charge >= 0.3 is 0 Å². The van der Waals surface area contributed by atoms with Gasteiger partial charge in [0.25, 0.3) is 0 Å². The number of imidazole rings is 1. The predicted molar refractivity (Wildman–Crippen MR) is 81.5 cm³/mol. The van der Waals surface area contributed by atoms with Crippen LogP contribution in [-0.4, -0.2) is 33.3 Å². The molecule has 19 heavy (non-hydrogen) atoms. The summed E-state index contributed by atoms with van der Waals surface area (Å²) in [6.45, 7) is 2.70. The Balaban J connectivity index is 2.43. The second-order valence-electron chi connectivity index (χ2n) is 4.73. The maximum absolute atomic E-state index is 9.24. The van der Waals surface area contributed by atoms with Crippen LogP contribution in [0.5, 0.6) is 0 Å². The zero-order valence-corrected chi connectivity index (χ0v) is 12.3. The Hall–Kier alpha value is -1.04. The molecule has 0 radical (unpaired) electrons. The van der Waals surface area contributed by atoms with Gasteiger partial charge in [-0.1, -0.05) is 6.07 Å². The van der Waals surface area contributed by atoms with Gasteiger partial charge in [-0.2, -0.15) is 11.8 Å². The van der Waals surface area contributed by atoms with E-state index in [0.717, 1.165) is 29.0 Å². The zero-order valence-electron chi connectivity index (χ0n) is 11.5. The number of benzene rings is 1. The van der Waals surface area contributed by atoms with E-state index in [4.69, 9.17) is 5.73 Å². The lowest BCUT2D eigenvalue weighted by atomic mass is 10.2. The van der Waals surface area contributed by atoms with Crippen molar-refractivity contribution >= 4 is 22.8 Å². The normalized spacial score (nSPS) is 13.1. The Morgan fingerprint density at radius 2 is 2.26 bits per heavy atom. The maximum atomic E-state index is 9.24. The molecule has 104 valence electrons. The summed E-state index contributed by atoms with van der Waals surface area (Å²) in [5.74, 6) is 1.89. The van der Waals surface area contributed by atoms with Gasteiger partial charge in [0.1, 0.15) is 5.82 Å². The molecule has 0 saturated heterocycles. The summed E-state index contributed by atoms with van der Waals surface area (Å²) < 4.78 is 2.04. The molecule has 1 heterocycles. The minimum absolute atomic E-state index is 0.0771. The number of aryl methyl sites for hydroxylation is 1. The zero-order chi connectivity index (χ0) is 13.8. The van der Waals surface area contributed by atoms with Crippen LogP contribution in [0.3, 0.4) is 0 Å². The number of nitrogens with two attached hydrogens (primary N) is 1. The summed E-state index contributed by atoms with van der Waals surface area (Å²) in [6.07, 6.45) is 2.97. The average molecular weight is 279 g/mol. The largest absolute Gasteiger partial charge is 0.395 e. The molecular weight excluding hydrogens is 258 g/mol. The first-order valence-corrected chi connectivity index (χ1v) is 7.89. The molecule has 3 N–H and O–H groups in total. The Kier molecular flexibility index (Phi) is 4.85. The van der Waals surface area contributed by atoms with Crippen molar-refractivity contribution < 1.29 is 5.11 Å². The van der Waals surface area contributed by atoms with Crippen LogP contribution >= 0.6 is 11.8 Å². The molecule has 0 fully saturated rings. The average Bonchev–Trinajstić information content (AvgIpc) is 2.74. The number of thioether (sulfide) groups is 1. The molecule has 0 aliphatic carbocycles. The lowest BCUT2D eigenvalue weighted by molar-refractivity contribution is 0.275. The van der Waals surface area contributed by atoms with Crippen LogP contribution in [0, 0.1) is 6.92 Å². The SMILES string of the molecule is CSCCC(N)c1nc2cc(C)ccc2n1CCO. The number of fused-ring (bicyclic) bond motifs is 1. The van der Waals surface area contributed by atoms with Crippen LogP contribution in [0.4, 0.5) is 0 Å². The van der Waals surface area contributed by atoms with E-state index in [-0.39, 0.29) is 12.6 Å². The highest BCUT2D eigenvalue weighted by Gasteiger charge is 2.16. The third-order valence-electron chi connectivity index (χ3n) is 3.22. The fourth-order valence-electron chi connectivity index (χ4n) is 2.25. The van der Waals surface area contributed by atoms with E-state index >= 15 is 0 Å². The molecule has 0 aliphatic rings. The van der Waals surface area contributed by atoms with Gasteiger partial charge in [0.05, 0.1) is 23.7 Å². The van der Waals surface area contributed by atoms with Crippen molar-refractivity contribution in [3.8, 4) is 0 Å². The monoisotopic (exact) mass is 279 g/mol. The van der Waals surface area contributed by atoms with E-state index in [2.05, 4.69) is 36.4 Å². The van der Waals surface area contributed by atoms with Crippen LogP contribution in [0.25, 0.3) is 11.0 Å². The first-order valence-electron chi connectivity index (χ1n) is 6.49. The van der Waals surface area contributed by atoms with Gasteiger partial charge in [0.15, 0.2) is 0 Å². The van der Waals surface area contributed by atoms with Gasteiger partial charge in [-0.3, -0.25) is 0 Å². The van der Waals surface area contributed by atoms with Crippen LogP contribution in [-0.2, 0) is 6.54 Å². The molecule has 0 spiro atoms. The van der Waals surface area contributed by atoms with E-state index < -0.39 is 0 Å². The van der Waals surface area contributed by atoms with E-state index in [1.165, 1.54) is 5.56 Å². The maximum Gasteiger partial charge on any atom is 0.126 e. The summed E-state index contributed by atoms with van der Waals surface area (Å²) in [5.41, 5.74) is 9.43. The van der Waals surface area contributed by atoms with E-state index in [1.807, 2.05) is 4.57 Å². The number of rotatable bonds is 6. The predicted octanol–water partition coefficient (Wildman–Crippen LogP) is 2.09. The quantitative estimate of drug-likeness (QED) is 0.850. The highest BCUT2D eigenvalue weighted by atomic mass is 32.2. The molecule has 1 unspecified atom stereocenters. The van der Waals surface area contributed by atoms with Crippen molar-refractivity contribution in [2.75, 3.05) is 18.6 Å². The summed E-state index contributed by atoms with van der Waals surface area (Å²) in [5, 5.41) is 9.24. The van der Waals surface area contributed by atoms with Crippen LogP contribution in [0.2, 0.25) is 0 Å². The van der Waals surface area contributed by atoms with Crippen molar-refractivity contribution in [2.24, 2.45) is 5.73 Å². The Labute approximate surface area is 118 Å². The van der Waals surface area contributed by atoms with E-state index in [9.17, 15) is 5.11 Å². The molecule has 1 aromatic heterocycles. The number of aromatic nitrogens is 2. The standard InChI is InChI=1S/C14H21N3OS/c1-10-3-4-13-12(9-10)16-14(17(13)6-7-18)11(15)5-8-19-2/h3-4,9,11,18H,5-8,15H2,1-2H3. The van der Waals surface area contributed by atoms with E-state index in [1.54, 1.807) is 11.8 Å². The Bertz CT molecular complexity index is 553. The van der Waals surface area contributed by atoms with Crippen LogP contribution < -0.4 is 5.73 Å². The number of aliphatic hydroxyl groups excluding tert-OH is 1. The topological polar surface area (TPSA) is 64.1 Å². The second kappa shape index (κ2) is 6.41. The molecule has 5 heteroatoms. The smallest absolute Gasteiger partial charge is 0.126 e. The fraction of sp³-hybridized carbons (Fsp3) is 0.500. The summed E-state index contributed by atoms with van der Waals surface area (Å²) in [7, 11) is 0. The third-order valence-corrected chi connectivity index (χ3v) is 3.87. The van der Waals surface area contributed by atoms with Gasteiger partial charge in [0, 0.05) is 6.54 Å². The first kappa shape index (κ1) is 14.4. The van der Waals surface area contributed by atoms with Crippen molar-refractivity contribution in [3.05, 3.63) is 29.6 Å². The highest BCUT2D eigenvalue weighted by molar-refractivity contribution is 7.98. The van der Waals surface area contributed by atoms with Crippen LogP contribution in [0.15, 0.2) is 18.2 Å². The molecule has 4 nitrogen and oxygen atoms in total. The lowest BCUT2D eigenvalue weighted by Crippen LogP contribution is -2.18. The van der Waals surface area contributed by atoms with Gasteiger partial charge < -0.3 is 15.4 Å². The van der Waals surface area contributed by atoms with Crippen LogP contribution in [0.1, 0.15) is 23.9 Å². The second-order valence-corrected chi connectivity index (χ2v) is 5.71. The molecule has 1 atom stereocenters. The molecule has 0 aliphatic heterocycles.